The fraction of sp³-hybridized carbons (Fsp3) is 0.143. The molecule has 1 aliphatic heterocycles. The summed E-state index contributed by atoms with van der Waals surface area (Å²) in [6.07, 6.45) is 0. The van der Waals surface area contributed by atoms with Crippen molar-refractivity contribution in [1.82, 2.24) is 9.13 Å². The smallest absolute Gasteiger partial charge is 0.0887 e. The quantitative estimate of drug-likeness (QED) is 0.171. The summed E-state index contributed by atoms with van der Waals surface area (Å²) < 4.78 is 288. The number of hydrogen-bond donors (Lipinski definition) is 0. The highest BCUT2D eigenvalue weighted by Crippen LogP contribution is 2.55. The molecule has 0 saturated heterocycles. The highest BCUT2D eigenvalue weighted by molar-refractivity contribution is 7.26. The molecule has 4 heterocycles. The van der Waals surface area contributed by atoms with Gasteiger partial charge in [-0.05, 0) is 125 Å². The van der Waals surface area contributed by atoms with Crippen LogP contribution in [0.2, 0.25) is 5.02 Å². The van der Waals surface area contributed by atoms with Gasteiger partial charge in [-0.2, -0.15) is 0 Å². The van der Waals surface area contributed by atoms with Gasteiger partial charge < -0.3 is 18.9 Å². The first-order valence-corrected chi connectivity index (χ1v) is 22.7. The van der Waals surface area contributed by atoms with Crippen LogP contribution in [0, 0.1) is 6.92 Å². The molecule has 336 valence electrons. The Morgan fingerprint density at radius 3 is 1.81 bits per heavy atom. The van der Waals surface area contributed by atoms with Crippen molar-refractivity contribution in [2.45, 2.75) is 59.3 Å². The summed E-state index contributed by atoms with van der Waals surface area (Å²) in [6, 6.07) is -24.8. The van der Waals surface area contributed by atoms with Gasteiger partial charge in [0.15, 0.2) is 0 Å². The van der Waals surface area contributed by atoms with Crippen LogP contribution in [0.4, 0.5) is 34.1 Å². The van der Waals surface area contributed by atoms with E-state index in [1.807, 2.05) is 0 Å². The first-order valence-electron chi connectivity index (χ1n) is 36.5. The number of halogens is 1. The Kier molecular flexibility index (Phi) is 4.62. The number of fused-ring (bicyclic) bond motifs is 11. The van der Waals surface area contributed by atoms with Crippen LogP contribution in [0.15, 0.2) is 181 Å². The number of benzene rings is 9. The summed E-state index contributed by atoms with van der Waals surface area (Å²) in [6.45, 7) is 11.2. The molecular formula is C63H51ClN4S. The maximum absolute atomic E-state index is 10.7. The second kappa shape index (κ2) is 15.1. The molecule has 69 heavy (non-hydrogen) atoms. The molecule has 0 unspecified atom stereocenters. The number of nitrogens with zero attached hydrogens (tertiary/aromatic N) is 4. The van der Waals surface area contributed by atoms with Gasteiger partial charge in [0.2, 0.25) is 0 Å². The van der Waals surface area contributed by atoms with Crippen LogP contribution >= 0.6 is 22.9 Å². The number of hydrogen-bond acceptors (Lipinski definition) is 3. The van der Waals surface area contributed by atoms with E-state index in [1.165, 1.54) is 6.92 Å². The van der Waals surface area contributed by atoms with E-state index in [4.69, 9.17) is 21.2 Å². The first kappa shape index (κ1) is 21.1. The van der Waals surface area contributed by atoms with Crippen molar-refractivity contribution in [2.75, 3.05) is 9.80 Å². The third-order valence-corrected chi connectivity index (χ3v) is 13.4. The van der Waals surface area contributed by atoms with Crippen molar-refractivity contribution in [3.05, 3.63) is 203 Å². The second-order valence-electron chi connectivity index (χ2n) is 18.5. The van der Waals surface area contributed by atoms with Gasteiger partial charge in [0.05, 0.1) is 107 Å². The Labute approximate surface area is 454 Å². The van der Waals surface area contributed by atoms with E-state index >= 15 is 0 Å². The van der Waals surface area contributed by atoms with Crippen LogP contribution in [0.3, 0.4) is 0 Å². The monoisotopic (exact) mass is 961 g/mol. The molecule has 1 aliphatic rings. The minimum atomic E-state index is -1.15. The second-order valence-corrected chi connectivity index (χ2v) is 19.9. The first-order chi connectivity index (χ1) is 45.9. The number of thiophene rings is 1. The summed E-state index contributed by atoms with van der Waals surface area (Å²) in [5.41, 5.74) is -10.8. The van der Waals surface area contributed by atoms with Gasteiger partial charge in [0.25, 0.3) is 0 Å². The maximum Gasteiger partial charge on any atom is 0.0887 e. The fourth-order valence-corrected chi connectivity index (χ4v) is 10.1. The van der Waals surface area contributed by atoms with E-state index in [9.17, 15) is 31.5 Å². The summed E-state index contributed by atoms with van der Waals surface area (Å²) in [7, 11) is 0. The largest absolute Gasteiger partial charge is 0.309 e. The third-order valence-electron chi connectivity index (χ3n) is 12.0. The van der Waals surface area contributed by atoms with Gasteiger partial charge in [-0.3, -0.25) is 0 Å². The molecular weight excluding hydrogens is 880 g/mol. The zero-order valence-corrected chi connectivity index (χ0v) is 39.1. The van der Waals surface area contributed by atoms with Crippen molar-refractivity contribution >= 4 is 121 Å². The van der Waals surface area contributed by atoms with Gasteiger partial charge in [-0.25, -0.2) is 0 Å². The normalized spacial score (nSPS) is 19.0. The van der Waals surface area contributed by atoms with Crippen LogP contribution in [-0.4, -0.2) is 9.13 Å². The van der Waals surface area contributed by atoms with Crippen molar-refractivity contribution in [3.8, 4) is 11.4 Å². The standard InChI is InChI=1S/C63H51ClN4S/c1-38-33-56(59(64)57(34-38)67-52-24-11-12-25-53(52)68-49-23-10-8-19-43(49)45-21-15-26-54(67)60(45)68)66(55-27-16-22-46-44-20-9-13-28-58(44)69-61(46)55)42-18-14-17-41(37-42)65-50-31-29-39(62(2,3)4)35-47(50)48-36-40(63(5,6)7)30-32-51(48)65/h8-37H,1-7H3/i8D,9D,10D,11D,12D,13D,14D,15D,16D,17D,18D,19D,20D,21D,22D,23D,24D,25D,26D,27D,28D,29D,30D,31D,32D,33D,34D,35D,36D,37D. The minimum absolute atomic E-state index is 0.000716. The maximum atomic E-state index is 10.7. The molecule has 3 aromatic heterocycles. The Morgan fingerprint density at radius 1 is 0.478 bits per heavy atom. The van der Waals surface area contributed by atoms with Crippen LogP contribution in [0.1, 0.15) is 99.4 Å². The summed E-state index contributed by atoms with van der Waals surface area (Å²) in [5.74, 6) is 0. The molecule has 9 aromatic carbocycles. The predicted molar refractivity (Wildman–Crippen MR) is 298 cm³/mol. The molecule has 6 heteroatoms. The Morgan fingerprint density at radius 2 is 1.07 bits per heavy atom. The molecule has 0 aliphatic carbocycles. The zero-order chi connectivity index (χ0) is 73.2. The van der Waals surface area contributed by atoms with Crippen LogP contribution in [-0.2, 0) is 10.8 Å². The van der Waals surface area contributed by atoms with Gasteiger partial charge in [-0.1, -0.05) is 144 Å². The SMILES string of the molecule is [2H]c1c([2H])c([2H])c2c(c1[2H])N(c1c([2H])c(C)c([2H])c(N(c3c([2H])c([2H])c([2H])c(-n4c5c([2H])c([2H])c(C(C)(C)C)c([2H])c5c5c([2H])c(C(C)(C)C)c([2H])c([2H])c54)c3[2H])c3c([2H])c([2H])c([2H])c4c3sc3c([2H])c([2H])c([2H])c([2H])c34)c1Cl)c1c([2H])c([2H])c([2H])c3c4c([2H])c([2H])c([2H])c([2H])c4n-2c13. The number of aromatic nitrogens is 2. The molecule has 4 nitrogen and oxygen atoms in total. The van der Waals surface area contributed by atoms with Crippen molar-refractivity contribution < 1.29 is 41.1 Å². The highest BCUT2D eigenvalue weighted by atomic mass is 35.5. The summed E-state index contributed by atoms with van der Waals surface area (Å²) in [5, 5.41) is -3.13. The summed E-state index contributed by atoms with van der Waals surface area (Å²) >= 11 is 8.48. The van der Waals surface area contributed by atoms with Crippen LogP contribution < -0.4 is 9.80 Å². The Bertz CT molecular complexity index is 5790. The van der Waals surface area contributed by atoms with E-state index < -0.39 is 291 Å². The van der Waals surface area contributed by atoms with Gasteiger partial charge >= 0.3 is 0 Å². The van der Waals surface area contributed by atoms with Crippen LogP contribution in [0.5, 0.6) is 0 Å². The Balaban J connectivity index is 1.29. The molecule has 0 saturated carbocycles. The van der Waals surface area contributed by atoms with E-state index in [1.54, 1.807) is 41.5 Å². The average molecular weight is 962 g/mol. The molecule has 0 fully saturated rings. The fourth-order valence-electron chi connectivity index (χ4n) is 8.75. The minimum Gasteiger partial charge on any atom is -0.309 e. The van der Waals surface area contributed by atoms with E-state index in [-0.39, 0.29) is 32.0 Å². The number of para-hydroxylation sites is 4. The molecule has 0 bridgehead atoms. The lowest BCUT2D eigenvalue weighted by molar-refractivity contribution is 0.590. The molecule has 0 radical (unpaired) electrons. The lowest BCUT2D eigenvalue weighted by Gasteiger charge is -2.35. The lowest BCUT2D eigenvalue weighted by Crippen LogP contribution is -2.19. The Hall–Kier alpha value is -7.31. The number of rotatable bonds is 5. The molecule has 12 aromatic rings. The van der Waals surface area contributed by atoms with Gasteiger partial charge in [0, 0.05) is 48.4 Å². The van der Waals surface area contributed by atoms with E-state index in [2.05, 4.69) is 0 Å². The number of anilines is 6. The molecule has 0 N–H and O–H groups in total. The van der Waals surface area contributed by atoms with Crippen LogP contribution in [0.25, 0.3) is 75.2 Å². The van der Waals surface area contributed by atoms with E-state index in [0.717, 1.165) is 14.0 Å². The van der Waals surface area contributed by atoms with E-state index in [0.29, 0.717) is 16.2 Å². The molecule has 0 amide bonds. The lowest BCUT2D eigenvalue weighted by atomic mass is 9.85. The van der Waals surface area contributed by atoms with Crippen molar-refractivity contribution in [1.29, 1.82) is 0 Å². The summed E-state index contributed by atoms with van der Waals surface area (Å²) in [4.78, 5) is 1.54. The van der Waals surface area contributed by atoms with Crippen molar-refractivity contribution in [2.24, 2.45) is 0 Å². The van der Waals surface area contributed by atoms with Gasteiger partial charge in [-0.15, -0.1) is 11.3 Å². The molecule has 0 spiro atoms. The zero-order valence-electron chi connectivity index (χ0n) is 67.6. The average Bonchev–Trinajstić information content (AvgIpc) is 1.58. The van der Waals surface area contributed by atoms with Crippen molar-refractivity contribution in [3.63, 3.8) is 0 Å². The van der Waals surface area contributed by atoms with Gasteiger partial charge in [0.1, 0.15) is 0 Å². The molecule has 0 atom stereocenters. The molecule has 13 rings (SSSR count). The predicted octanol–water partition coefficient (Wildman–Crippen LogP) is 19.1. The third kappa shape index (κ3) is 6.33. The highest BCUT2D eigenvalue weighted by Gasteiger charge is 2.32. The topological polar surface area (TPSA) is 16.3 Å².